The number of aromatic nitrogens is 3. The maximum absolute atomic E-state index is 12.8. The van der Waals surface area contributed by atoms with Crippen LogP contribution in [-0.2, 0) is 21.9 Å². The van der Waals surface area contributed by atoms with Gasteiger partial charge in [0.25, 0.3) is 0 Å². The molecule has 2 saturated heterocycles. The van der Waals surface area contributed by atoms with Crippen LogP contribution in [0.15, 0.2) is 34.3 Å². The van der Waals surface area contributed by atoms with Crippen LogP contribution in [0.3, 0.4) is 0 Å². The summed E-state index contributed by atoms with van der Waals surface area (Å²) in [6.07, 6.45) is 5.10. The average Bonchev–Trinajstić information content (AvgIpc) is 3.43. The van der Waals surface area contributed by atoms with Crippen molar-refractivity contribution in [2.24, 2.45) is 7.05 Å². The summed E-state index contributed by atoms with van der Waals surface area (Å²) in [7, 11) is -1.57. The van der Waals surface area contributed by atoms with Crippen LogP contribution in [0.1, 0.15) is 46.0 Å². The lowest BCUT2D eigenvalue weighted by Crippen LogP contribution is -2.48. The van der Waals surface area contributed by atoms with Gasteiger partial charge in [-0.1, -0.05) is 11.8 Å². The molecule has 1 amide bonds. The highest BCUT2D eigenvalue weighted by molar-refractivity contribution is 7.99. The highest BCUT2D eigenvalue weighted by Crippen LogP contribution is 2.28. The van der Waals surface area contributed by atoms with E-state index in [9.17, 15) is 13.2 Å². The zero-order chi connectivity index (χ0) is 22.9. The summed E-state index contributed by atoms with van der Waals surface area (Å²) < 4.78 is 28.9. The lowest BCUT2D eigenvalue weighted by atomic mass is 9.98. The van der Waals surface area contributed by atoms with Crippen molar-refractivity contribution in [1.82, 2.24) is 24.0 Å². The number of likely N-dealkylation sites (tertiary alicyclic amines) is 1. The summed E-state index contributed by atoms with van der Waals surface area (Å²) in [5, 5.41) is 9.21. The molecule has 2 aromatic rings. The second kappa shape index (κ2) is 9.52. The van der Waals surface area contributed by atoms with Gasteiger partial charge in [0.05, 0.1) is 10.6 Å². The zero-order valence-electron chi connectivity index (χ0n) is 18.9. The minimum Gasteiger partial charge on any atom is -0.337 e. The fourth-order valence-electron chi connectivity index (χ4n) is 4.66. The molecule has 0 spiro atoms. The molecular formula is C22H31N5O3S2. The lowest BCUT2D eigenvalue weighted by Gasteiger charge is -2.39. The fourth-order valence-corrected chi connectivity index (χ4v) is 6.96. The van der Waals surface area contributed by atoms with Crippen molar-refractivity contribution in [2.75, 3.05) is 18.8 Å². The monoisotopic (exact) mass is 477 g/mol. The molecule has 1 aromatic heterocycles. The van der Waals surface area contributed by atoms with Crippen molar-refractivity contribution < 1.29 is 13.2 Å². The van der Waals surface area contributed by atoms with Crippen LogP contribution in [0, 0.1) is 0 Å². The van der Waals surface area contributed by atoms with E-state index in [2.05, 4.69) is 24.0 Å². The molecule has 0 aliphatic carbocycles. The van der Waals surface area contributed by atoms with Crippen LogP contribution >= 0.6 is 11.8 Å². The number of sulfonamides is 1. The second-order valence-electron chi connectivity index (χ2n) is 8.72. The van der Waals surface area contributed by atoms with Crippen molar-refractivity contribution in [3.63, 3.8) is 0 Å². The maximum atomic E-state index is 12.8. The summed E-state index contributed by atoms with van der Waals surface area (Å²) >= 11 is 1.39. The van der Waals surface area contributed by atoms with Gasteiger partial charge in [0, 0.05) is 37.8 Å². The third-order valence-corrected chi connectivity index (χ3v) is 9.37. The molecule has 0 bridgehead atoms. The van der Waals surface area contributed by atoms with Crippen molar-refractivity contribution >= 4 is 27.7 Å². The Morgan fingerprint density at radius 1 is 1.03 bits per heavy atom. The number of nitrogens with zero attached hydrogens (tertiary/aromatic N) is 5. The first-order chi connectivity index (χ1) is 15.3. The standard InChI is InChI=1S/C22H31N5O3S2/c1-16-7-6-8-17(2)27(16)20(28)15-31-22-24-23-21(25(22)3)18-9-11-19(12-10-18)32(29,30)26-13-4-5-14-26/h9-12,16-17H,4-8,13-15H2,1-3H3/t16-,17-/m0/s1. The molecule has 10 heteroatoms. The van der Waals surface area contributed by atoms with E-state index < -0.39 is 10.0 Å². The number of hydrogen-bond donors (Lipinski definition) is 0. The highest BCUT2D eigenvalue weighted by atomic mass is 32.2. The number of benzene rings is 1. The molecule has 0 saturated carbocycles. The Labute approximate surface area is 194 Å². The smallest absolute Gasteiger partial charge is 0.243 e. The van der Waals surface area contributed by atoms with Crippen LogP contribution < -0.4 is 0 Å². The number of piperidine rings is 1. The van der Waals surface area contributed by atoms with E-state index in [-0.39, 0.29) is 18.0 Å². The summed E-state index contributed by atoms with van der Waals surface area (Å²) in [5.41, 5.74) is 0.789. The van der Waals surface area contributed by atoms with Crippen LogP contribution in [0.4, 0.5) is 0 Å². The summed E-state index contributed by atoms with van der Waals surface area (Å²) in [6, 6.07) is 7.35. The largest absolute Gasteiger partial charge is 0.337 e. The molecule has 1 aromatic carbocycles. The van der Waals surface area contributed by atoms with E-state index in [1.807, 2.05) is 16.5 Å². The van der Waals surface area contributed by atoms with Gasteiger partial charge in [-0.3, -0.25) is 4.79 Å². The fraction of sp³-hybridized carbons (Fsp3) is 0.591. The lowest BCUT2D eigenvalue weighted by molar-refractivity contribution is -0.134. The van der Waals surface area contributed by atoms with Gasteiger partial charge in [-0.25, -0.2) is 8.42 Å². The molecule has 2 aliphatic heterocycles. The Morgan fingerprint density at radius 2 is 1.66 bits per heavy atom. The van der Waals surface area contributed by atoms with Gasteiger partial charge in [-0.15, -0.1) is 10.2 Å². The summed E-state index contributed by atoms with van der Waals surface area (Å²) in [6.45, 7) is 5.40. The SMILES string of the molecule is C[C@H]1CCC[C@H](C)N1C(=O)CSc1nnc(-c2ccc(S(=O)(=O)N3CCCC3)cc2)n1C. The topological polar surface area (TPSA) is 88.4 Å². The highest BCUT2D eigenvalue weighted by Gasteiger charge is 2.29. The van der Waals surface area contributed by atoms with Crippen LogP contribution in [0.25, 0.3) is 11.4 Å². The number of carbonyl (C=O) groups is 1. The predicted molar refractivity (Wildman–Crippen MR) is 125 cm³/mol. The molecule has 174 valence electrons. The maximum Gasteiger partial charge on any atom is 0.243 e. The van der Waals surface area contributed by atoms with Crippen molar-refractivity contribution in [2.45, 2.75) is 68.1 Å². The number of amides is 1. The van der Waals surface area contributed by atoms with Gasteiger partial charge >= 0.3 is 0 Å². The molecule has 0 radical (unpaired) electrons. The van der Waals surface area contributed by atoms with Gasteiger partial charge < -0.3 is 9.47 Å². The van der Waals surface area contributed by atoms with Crippen LogP contribution in [-0.4, -0.2) is 69.2 Å². The van der Waals surface area contributed by atoms with Gasteiger partial charge in [0.15, 0.2) is 11.0 Å². The van der Waals surface area contributed by atoms with E-state index in [0.717, 1.165) is 31.2 Å². The number of thioether (sulfide) groups is 1. The minimum absolute atomic E-state index is 0.135. The Kier molecular flexibility index (Phi) is 6.92. The number of hydrogen-bond acceptors (Lipinski definition) is 6. The van der Waals surface area contributed by atoms with Gasteiger partial charge in [-0.2, -0.15) is 4.31 Å². The molecule has 2 fully saturated rings. The van der Waals surface area contributed by atoms with E-state index >= 15 is 0 Å². The molecule has 8 nitrogen and oxygen atoms in total. The second-order valence-corrected chi connectivity index (χ2v) is 11.6. The number of carbonyl (C=O) groups excluding carboxylic acids is 1. The van der Waals surface area contributed by atoms with Crippen molar-refractivity contribution in [3.05, 3.63) is 24.3 Å². The third-order valence-electron chi connectivity index (χ3n) is 6.46. The molecule has 0 N–H and O–H groups in total. The van der Waals surface area contributed by atoms with Crippen molar-refractivity contribution in [3.8, 4) is 11.4 Å². The van der Waals surface area contributed by atoms with Crippen LogP contribution in [0.5, 0.6) is 0 Å². The Balaban J connectivity index is 1.44. The molecule has 4 rings (SSSR count). The van der Waals surface area contributed by atoms with Gasteiger partial charge in [0.2, 0.25) is 15.9 Å². The number of rotatable bonds is 6. The molecule has 2 atom stereocenters. The normalized spacial score (nSPS) is 22.4. The van der Waals surface area contributed by atoms with E-state index in [1.54, 1.807) is 28.6 Å². The molecule has 3 heterocycles. The predicted octanol–water partition coefficient (Wildman–Crippen LogP) is 3.15. The molecule has 2 aliphatic rings. The van der Waals surface area contributed by atoms with E-state index in [0.29, 0.717) is 34.7 Å². The Hall–Kier alpha value is -1.91. The van der Waals surface area contributed by atoms with Gasteiger partial charge in [-0.05, 0) is 70.2 Å². The zero-order valence-corrected chi connectivity index (χ0v) is 20.5. The first kappa shape index (κ1) is 23.3. The first-order valence-corrected chi connectivity index (χ1v) is 13.7. The molecular weight excluding hydrogens is 446 g/mol. The van der Waals surface area contributed by atoms with Crippen molar-refractivity contribution in [1.29, 1.82) is 0 Å². The summed E-state index contributed by atoms with van der Waals surface area (Å²) in [5.74, 6) is 1.11. The first-order valence-electron chi connectivity index (χ1n) is 11.2. The van der Waals surface area contributed by atoms with Crippen LogP contribution in [0.2, 0.25) is 0 Å². The van der Waals surface area contributed by atoms with E-state index in [1.165, 1.54) is 18.2 Å². The Morgan fingerprint density at radius 3 is 2.28 bits per heavy atom. The summed E-state index contributed by atoms with van der Waals surface area (Å²) in [4.78, 5) is 15.1. The molecule has 32 heavy (non-hydrogen) atoms. The average molecular weight is 478 g/mol. The van der Waals surface area contributed by atoms with E-state index in [4.69, 9.17) is 0 Å². The quantitative estimate of drug-likeness (QED) is 0.594. The molecule has 0 unspecified atom stereocenters. The third kappa shape index (κ3) is 4.58. The van der Waals surface area contributed by atoms with Gasteiger partial charge in [0.1, 0.15) is 0 Å². The Bertz CT molecular complexity index is 1050. The minimum atomic E-state index is -3.44.